The molecule has 0 aromatic heterocycles. The number of benzene rings is 1. The standard InChI is InChI=1S/C9H7Br2NO/c1-13-9-6(4-5-12)2-3-7(10)8(9)11/h2-3H,4H2,1H3. The molecule has 13 heavy (non-hydrogen) atoms. The second-order valence-electron chi connectivity index (χ2n) is 2.39. The zero-order valence-electron chi connectivity index (χ0n) is 6.97. The highest BCUT2D eigenvalue weighted by molar-refractivity contribution is 9.13. The molecule has 0 bridgehead atoms. The van der Waals surface area contributed by atoms with Crippen LogP contribution in [0.1, 0.15) is 5.56 Å². The molecule has 0 unspecified atom stereocenters. The topological polar surface area (TPSA) is 33.0 Å². The molecule has 0 fully saturated rings. The highest BCUT2D eigenvalue weighted by Crippen LogP contribution is 2.35. The van der Waals surface area contributed by atoms with Gasteiger partial charge in [-0.05, 0) is 37.9 Å². The quantitative estimate of drug-likeness (QED) is 0.840. The SMILES string of the molecule is COc1c(CC#N)ccc(Br)c1Br. The molecule has 0 saturated carbocycles. The third-order valence-corrected chi connectivity index (χ3v) is 3.59. The minimum atomic E-state index is 0.356. The maximum absolute atomic E-state index is 8.57. The largest absolute Gasteiger partial charge is 0.495 e. The van der Waals surface area contributed by atoms with Crippen molar-refractivity contribution in [2.24, 2.45) is 0 Å². The highest BCUT2D eigenvalue weighted by Gasteiger charge is 2.09. The average molecular weight is 305 g/mol. The van der Waals surface area contributed by atoms with Gasteiger partial charge in [0.05, 0.1) is 24.1 Å². The summed E-state index contributed by atoms with van der Waals surface area (Å²) in [5, 5.41) is 8.57. The van der Waals surface area contributed by atoms with E-state index in [2.05, 4.69) is 37.9 Å². The monoisotopic (exact) mass is 303 g/mol. The summed E-state index contributed by atoms with van der Waals surface area (Å²) in [6.45, 7) is 0. The zero-order valence-corrected chi connectivity index (χ0v) is 10.1. The number of hydrogen-bond acceptors (Lipinski definition) is 2. The fraction of sp³-hybridized carbons (Fsp3) is 0.222. The van der Waals surface area contributed by atoms with Crippen molar-refractivity contribution in [3.8, 4) is 11.8 Å². The Labute approximate surface area is 93.8 Å². The van der Waals surface area contributed by atoms with Gasteiger partial charge in [0.2, 0.25) is 0 Å². The van der Waals surface area contributed by atoms with Gasteiger partial charge < -0.3 is 4.74 Å². The molecule has 4 heteroatoms. The molecule has 1 aromatic carbocycles. The van der Waals surface area contributed by atoms with Crippen molar-refractivity contribution in [3.63, 3.8) is 0 Å². The van der Waals surface area contributed by atoms with E-state index in [-0.39, 0.29) is 0 Å². The van der Waals surface area contributed by atoms with E-state index in [0.29, 0.717) is 6.42 Å². The second kappa shape index (κ2) is 4.64. The van der Waals surface area contributed by atoms with E-state index in [4.69, 9.17) is 10.00 Å². The molecule has 0 aliphatic heterocycles. The van der Waals surface area contributed by atoms with Crippen LogP contribution in [0.4, 0.5) is 0 Å². The molecule has 0 aliphatic carbocycles. The lowest BCUT2D eigenvalue weighted by atomic mass is 10.1. The Bertz CT molecular complexity index is 357. The van der Waals surface area contributed by atoms with Crippen molar-refractivity contribution in [1.29, 1.82) is 5.26 Å². The third kappa shape index (κ3) is 2.23. The summed E-state index contributed by atoms with van der Waals surface area (Å²) in [6, 6.07) is 5.85. The average Bonchev–Trinajstić information content (AvgIpc) is 2.12. The first kappa shape index (κ1) is 10.6. The first-order valence-electron chi connectivity index (χ1n) is 3.58. The van der Waals surface area contributed by atoms with Gasteiger partial charge in [-0.3, -0.25) is 0 Å². The van der Waals surface area contributed by atoms with Crippen LogP contribution in [0.25, 0.3) is 0 Å². The minimum Gasteiger partial charge on any atom is -0.495 e. The number of methoxy groups -OCH3 is 1. The second-order valence-corrected chi connectivity index (χ2v) is 4.04. The molecular weight excluding hydrogens is 298 g/mol. The van der Waals surface area contributed by atoms with Crippen molar-refractivity contribution in [2.75, 3.05) is 7.11 Å². The van der Waals surface area contributed by atoms with E-state index in [0.717, 1.165) is 20.3 Å². The van der Waals surface area contributed by atoms with E-state index in [9.17, 15) is 0 Å². The van der Waals surface area contributed by atoms with Crippen LogP contribution in [-0.2, 0) is 6.42 Å². The van der Waals surface area contributed by atoms with Crippen molar-refractivity contribution in [2.45, 2.75) is 6.42 Å². The predicted octanol–water partition coefficient (Wildman–Crippen LogP) is 3.29. The normalized spacial score (nSPS) is 9.38. The molecule has 0 saturated heterocycles. The van der Waals surface area contributed by atoms with Gasteiger partial charge in [0.25, 0.3) is 0 Å². The summed E-state index contributed by atoms with van der Waals surface area (Å²) < 4.78 is 6.95. The maximum atomic E-state index is 8.57. The van der Waals surface area contributed by atoms with Gasteiger partial charge >= 0.3 is 0 Å². The lowest BCUT2D eigenvalue weighted by Crippen LogP contribution is -1.92. The Morgan fingerprint density at radius 1 is 1.46 bits per heavy atom. The van der Waals surface area contributed by atoms with Crippen LogP contribution in [0.5, 0.6) is 5.75 Å². The third-order valence-electron chi connectivity index (χ3n) is 1.61. The molecule has 0 atom stereocenters. The Morgan fingerprint density at radius 3 is 2.69 bits per heavy atom. The van der Waals surface area contributed by atoms with Crippen molar-refractivity contribution in [3.05, 3.63) is 26.6 Å². The summed E-state index contributed by atoms with van der Waals surface area (Å²) in [4.78, 5) is 0. The van der Waals surface area contributed by atoms with Gasteiger partial charge in [0.15, 0.2) is 0 Å². The van der Waals surface area contributed by atoms with E-state index in [1.165, 1.54) is 0 Å². The van der Waals surface area contributed by atoms with Gasteiger partial charge in [-0.1, -0.05) is 6.07 Å². The molecule has 0 spiro atoms. The molecule has 2 nitrogen and oxygen atoms in total. The lowest BCUT2D eigenvalue weighted by Gasteiger charge is -2.08. The molecule has 1 rings (SSSR count). The summed E-state index contributed by atoms with van der Waals surface area (Å²) >= 11 is 6.74. The van der Waals surface area contributed by atoms with Gasteiger partial charge in [-0.15, -0.1) is 0 Å². The van der Waals surface area contributed by atoms with Gasteiger partial charge in [-0.25, -0.2) is 0 Å². The summed E-state index contributed by atoms with van der Waals surface area (Å²) in [5.74, 6) is 0.718. The van der Waals surface area contributed by atoms with Crippen LogP contribution in [0.2, 0.25) is 0 Å². The minimum absolute atomic E-state index is 0.356. The molecule has 1 aromatic rings. The van der Waals surface area contributed by atoms with Crippen molar-refractivity contribution >= 4 is 31.9 Å². The van der Waals surface area contributed by atoms with E-state index < -0.39 is 0 Å². The van der Waals surface area contributed by atoms with Crippen LogP contribution in [0.3, 0.4) is 0 Å². The van der Waals surface area contributed by atoms with Crippen LogP contribution in [-0.4, -0.2) is 7.11 Å². The number of ether oxygens (including phenoxy) is 1. The lowest BCUT2D eigenvalue weighted by molar-refractivity contribution is 0.408. The fourth-order valence-corrected chi connectivity index (χ4v) is 1.88. The van der Waals surface area contributed by atoms with Crippen molar-refractivity contribution < 1.29 is 4.74 Å². The van der Waals surface area contributed by atoms with Crippen LogP contribution >= 0.6 is 31.9 Å². The number of halogens is 2. The summed E-state index contributed by atoms with van der Waals surface area (Å²) in [7, 11) is 1.59. The molecule has 0 radical (unpaired) electrons. The maximum Gasteiger partial charge on any atom is 0.138 e. The molecule has 0 N–H and O–H groups in total. The summed E-state index contributed by atoms with van der Waals surface area (Å²) in [5.41, 5.74) is 0.889. The molecule has 0 amide bonds. The molecular formula is C9H7Br2NO. The molecule has 0 heterocycles. The van der Waals surface area contributed by atoms with Crippen LogP contribution in [0.15, 0.2) is 21.1 Å². The van der Waals surface area contributed by atoms with Crippen molar-refractivity contribution in [1.82, 2.24) is 0 Å². The number of rotatable bonds is 2. The number of nitrogens with zero attached hydrogens (tertiary/aromatic N) is 1. The smallest absolute Gasteiger partial charge is 0.138 e. The van der Waals surface area contributed by atoms with Crippen LogP contribution in [0, 0.1) is 11.3 Å². The van der Waals surface area contributed by atoms with E-state index in [1.807, 2.05) is 12.1 Å². The Hall–Kier alpha value is -0.530. The Balaban J connectivity index is 3.23. The van der Waals surface area contributed by atoms with Gasteiger partial charge in [0, 0.05) is 10.0 Å². The predicted molar refractivity (Wildman–Crippen MR) is 57.7 cm³/mol. The number of hydrogen-bond donors (Lipinski definition) is 0. The Morgan fingerprint density at radius 2 is 2.15 bits per heavy atom. The molecule has 0 aliphatic rings. The van der Waals surface area contributed by atoms with E-state index in [1.54, 1.807) is 7.11 Å². The first-order chi connectivity index (χ1) is 6.20. The Kier molecular flexibility index (Phi) is 3.76. The zero-order chi connectivity index (χ0) is 9.84. The first-order valence-corrected chi connectivity index (χ1v) is 5.17. The fourth-order valence-electron chi connectivity index (χ4n) is 1.02. The number of nitriles is 1. The van der Waals surface area contributed by atoms with Crippen LogP contribution < -0.4 is 4.74 Å². The summed E-state index contributed by atoms with van der Waals surface area (Å²) in [6.07, 6.45) is 0.356. The van der Waals surface area contributed by atoms with E-state index >= 15 is 0 Å². The van der Waals surface area contributed by atoms with Gasteiger partial charge in [0.1, 0.15) is 5.75 Å². The molecule has 68 valence electrons. The van der Waals surface area contributed by atoms with Gasteiger partial charge in [-0.2, -0.15) is 5.26 Å². The highest BCUT2D eigenvalue weighted by atomic mass is 79.9.